The van der Waals surface area contributed by atoms with Gasteiger partial charge in [-0.05, 0) is 98.5 Å². The van der Waals surface area contributed by atoms with Gasteiger partial charge in [0.1, 0.15) is 11.2 Å². The summed E-state index contributed by atoms with van der Waals surface area (Å²) in [5.41, 5.74) is 19.2. The first-order chi connectivity index (χ1) is 25.2. The van der Waals surface area contributed by atoms with Crippen LogP contribution in [0.1, 0.15) is 11.1 Å². The normalized spacial score (nSPS) is 12.2. The van der Waals surface area contributed by atoms with Crippen LogP contribution in [0.4, 0.5) is 0 Å². The van der Waals surface area contributed by atoms with Gasteiger partial charge in [0.2, 0.25) is 0 Å². The van der Waals surface area contributed by atoms with Crippen LogP contribution in [0.5, 0.6) is 0 Å². The van der Waals surface area contributed by atoms with E-state index in [4.69, 9.17) is 4.42 Å². The lowest BCUT2D eigenvalue weighted by Crippen LogP contribution is -1.86. The van der Waals surface area contributed by atoms with Crippen LogP contribution in [0, 0.1) is 0 Å². The minimum atomic E-state index is 0.918. The summed E-state index contributed by atoms with van der Waals surface area (Å²) >= 11 is 0. The lowest BCUT2D eigenvalue weighted by molar-refractivity contribution is 0.670. The highest BCUT2D eigenvalue weighted by Gasteiger charge is 2.19. The van der Waals surface area contributed by atoms with Crippen LogP contribution in [0.3, 0.4) is 0 Å². The lowest BCUT2D eigenvalue weighted by Gasteiger charge is -2.10. The Balaban J connectivity index is 0.976. The summed E-state index contributed by atoms with van der Waals surface area (Å²) in [4.78, 5) is 3.78. The molecule has 0 aliphatic heterocycles. The Morgan fingerprint density at radius 1 is 0.373 bits per heavy atom. The molecule has 0 saturated carbocycles. The molecule has 0 saturated heterocycles. The largest absolute Gasteiger partial charge is 0.455 e. The number of benzene rings is 8. The molecule has 0 atom stereocenters. The molecule has 238 valence electrons. The molecule has 1 aliphatic carbocycles. The highest BCUT2D eigenvalue weighted by Crippen LogP contribution is 2.41. The van der Waals surface area contributed by atoms with Crippen LogP contribution >= 0.6 is 0 Å². The molecule has 0 bridgehead atoms. The SMILES string of the molecule is c1cc(-c2cccc(-c3cccc4c3[nH]c3ccc(-c5cccc6c5oc5ccccc56)cc34)c2)cc(-c2ccc3c(c2)-c2ccccc2C3)c1. The van der Waals surface area contributed by atoms with Gasteiger partial charge >= 0.3 is 0 Å². The number of para-hydroxylation sites is 3. The van der Waals surface area contributed by atoms with Gasteiger partial charge in [0, 0.05) is 38.2 Å². The fraction of sp³-hybridized carbons (Fsp3) is 0.0204. The predicted molar refractivity (Wildman–Crippen MR) is 213 cm³/mol. The average molecular weight is 650 g/mol. The summed E-state index contributed by atoms with van der Waals surface area (Å²) in [6.07, 6.45) is 1.02. The Labute approximate surface area is 295 Å². The third-order valence-corrected chi connectivity index (χ3v) is 10.9. The monoisotopic (exact) mass is 649 g/mol. The van der Waals surface area contributed by atoms with E-state index in [2.05, 4.69) is 163 Å². The predicted octanol–water partition coefficient (Wildman–Crippen LogP) is 13.5. The highest BCUT2D eigenvalue weighted by atomic mass is 16.3. The maximum atomic E-state index is 6.40. The van der Waals surface area contributed by atoms with E-state index in [0.29, 0.717) is 0 Å². The van der Waals surface area contributed by atoms with Crippen LogP contribution in [-0.2, 0) is 6.42 Å². The van der Waals surface area contributed by atoms with Crippen molar-refractivity contribution in [2.45, 2.75) is 6.42 Å². The van der Waals surface area contributed by atoms with Crippen molar-refractivity contribution in [3.8, 4) is 55.6 Å². The first kappa shape index (κ1) is 28.2. The van der Waals surface area contributed by atoms with Crippen molar-refractivity contribution < 1.29 is 4.42 Å². The van der Waals surface area contributed by atoms with Gasteiger partial charge in [-0.15, -0.1) is 0 Å². The molecule has 0 radical (unpaired) electrons. The number of hydrogen-bond donors (Lipinski definition) is 1. The number of nitrogens with one attached hydrogen (secondary N) is 1. The molecule has 8 aromatic carbocycles. The maximum Gasteiger partial charge on any atom is 0.143 e. The summed E-state index contributed by atoms with van der Waals surface area (Å²) in [6, 6.07) is 61.7. The van der Waals surface area contributed by atoms with E-state index in [0.717, 1.165) is 50.5 Å². The summed E-state index contributed by atoms with van der Waals surface area (Å²) in [7, 11) is 0. The second-order valence-electron chi connectivity index (χ2n) is 13.8. The minimum Gasteiger partial charge on any atom is -0.455 e. The Bertz CT molecular complexity index is 3010. The topological polar surface area (TPSA) is 28.9 Å². The van der Waals surface area contributed by atoms with Gasteiger partial charge in [0.25, 0.3) is 0 Å². The van der Waals surface area contributed by atoms with Gasteiger partial charge in [-0.2, -0.15) is 0 Å². The number of aromatic nitrogens is 1. The fourth-order valence-electron chi connectivity index (χ4n) is 8.35. The molecule has 0 fully saturated rings. The van der Waals surface area contributed by atoms with Gasteiger partial charge in [-0.1, -0.05) is 133 Å². The Morgan fingerprint density at radius 3 is 1.86 bits per heavy atom. The number of aromatic amines is 1. The van der Waals surface area contributed by atoms with E-state index in [9.17, 15) is 0 Å². The molecule has 51 heavy (non-hydrogen) atoms. The summed E-state index contributed by atoms with van der Waals surface area (Å²) in [5.74, 6) is 0. The van der Waals surface area contributed by atoms with Crippen molar-refractivity contribution >= 4 is 43.7 Å². The Hall–Kier alpha value is -6.64. The summed E-state index contributed by atoms with van der Waals surface area (Å²) in [6.45, 7) is 0. The van der Waals surface area contributed by atoms with E-state index in [1.807, 2.05) is 12.1 Å². The van der Waals surface area contributed by atoms with Crippen molar-refractivity contribution in [1.29, 1.82) is 0 Å². The molecule has 0 amide bonds. The smallest absolute Gasteiger partial charge is 0.143 e. The van der Waals surface area contributed by atoms with Crippen molar-refractivity contribution in [3.05, 3.63) is 181 Å². The summed E-state index contributed by atoms with van der Waals surface area (Å²) in [5, 5.41) is 4.72. The molecule has 10 aromatic rings. The number of H-pyrrole nitrogens is 1. The van der Waals surface area contributed by atoms with Gasteiger partial charge < -0.3 is 9.40 Å². The van der Waals surface area contributed by atoms with E-state index in [1.165, 1.54) is 66.4 Å². The number of fused-ring (bicyclic) bond motifs is 9. The Morgan fingerprint density at radius 2 is 0.980 bits per heavy atom. The molecular weight excluding hydrogens is 619 g/mol. The molecule has 1 aliphatic rings. The molecular formula is C49H31NO. The molecule has 0 spiro atoms. The molecule has 2 heterocycles. The van der Waals surface area contributed by atoms with Crippen molar-refractivity contribution in [1.82, 2.24) is 4.98 Å². The minimum absolute atomic E-state index is 0.918. The van der Waals surface area contributed by atoms with Crippen LogP contribution < -0.4 is 0 Å². The maximum absolute atomic E-state index is 6.40. The van der Waals surface area contributed by atoms with Crippen molar-refractivity contribution in [2.24, 2.45) is 0 Å². The van der Waals surface area contributed by atoms with Gasteiger partial charge in [-0.3, -0.25) is 0 Å². The van der Waals surface area contributed by atoms with Crippen LogP contribution in [0.25, 0.3) is 99.4 Å². The van der Waals surface area contributed by atoms with E-state index in [1.54, 1.807) is 0 Å². The van der Waals surface area contributed by atoms with E-state index >= 15 is 0 Å². The zero-order valence-corrected chi connectivity index (χ0v) is 27.8. The third-order valence-electron chi connectivity index (χ3n) is 10.9. The van der Waals surface area contributed by atoms with Crippen molar-refractivity contribution in [2.75, 3.05) is 0 Å². The number of furan rings is 1. The van der Waals surface area contributed by atoms with E-state index < -0.39 is 0 Å². The Kier molecular flexibility index (Phi) is 6.05. The number of hydrogen-bond acceptors (Lipinski definition) is 1. The second kappa shape index (κ2) is 10.9. The molecule has 1 N–H and O–H groups in total. The van der Waals surface area contributed by atoms with Gasteiger partial charge in [0.05, 0.1) is 5.52 Å². The zero-order valence-electron chi connectivity index (χ0n) is 27.8. The molecule has 2 heteroatoms. The molecule has 2 nitrogen and oxygen atoms in total. The number of rotatable bonds is 4. The fourth-order valence-corrected chi connectivity index (χ4v) is 8.35. The van der Waals surface area contributed by atoms with Gasteiger partial charge in [-0.25, -0.2) is 0 Å². The highest BCUT2D eigenvalue weighted by molar-refractivity contribution is 6.14. The van der Waals surface area contributed by atoms with Crippen molar-refractivity contribution in [3.63, 3.8) is 0 Å². The molecule has 11 rings (SSSR count). The van der Waals surface area contributed by atoms with Crippen LogP contribution in [0.15, 0.2) is 174 Å². The second-order valence-corrected chi connectivity index (χ2v) is 13.8. The quantitative estimate of drug-likeness (QED) is 0.202. The standard InChI is InChI=1S/C49H31NO/c1-2-14-38-34(9-1)27-36-22-21-33(28-44(36)38)31-11-5-10-30(25-31)32-12-6-13-35(26-32)39-16-7-18-42-45-29-37(23-24-46(45)50-48(39)42)40-17-8-19-43-41-15-3-4-20-47(41)51-49(40)43/h1-26,28-29,50H,27H2. The average Bonchev–Trinajstić information content (AvgIpc) is 3.89. The zero-order chi connectivity index (χ0) is 33.5. The van der Waals surface area contributed by atoms with Crippen LogP contribution in [0.2, 0.25) is 0 Å². The molecule has 2 aromatic heterocycles. The van der Waals surface area contributed by atoms with Gasteiger partial charge in [0.15, 0.2) is 0 Å². The first-order valence-electron chi connectivity index (χ1n) is 17.6. The molecule has 0 unspecified atom stereocenters. The summed E-state index contributed by atoms with van der Waals surface area (Å²) < 4.78 is 6.40. The lowest BCUT2D eigenvalue weighted by atomic mass is 9.94. The first-order valence-corrected chi connectivity index (χ1v) is 17.6. The van der Waals surface area contributed by atoms with E-state index in [-0.39, 0.29) is 0 Å². The van der Waals surface area contributed by atoms with Crippen LogP contribution in [-0.4, -0.2) is 4.98 Å². The third kappa shape index (κ3) is 4.43.